The predicted octanol–water partition coefficient (Wildman–Crippen LogP) is 5.50. The Morgan fingerprint density at radius 3 is 2.21 bits per heavy atom. The quantitative estimate of drug-likeness (QED) is 0.392. The van der Waals surface area contributed by atoms with Crippen LogP contribution in [0.3, 0.4) is 0 Å². The summed E-state index contributed by atoms with van der Waals surface area (Å²) in [5, 5.41) is 5.13. The molecular formula is C30H41F3N4O6. The van der Waals surface area contributed by atoms with Crippen LogP contribution in [-0.2, 0) is 25.2 Å². The highest BCUT2D eigenvalue weighted by molar-refractivity contribution is 5.91. The van der Waals surface area contributed by atoms with Gasteiger partial charge in [-0.05, 0) is 68.6 Å². The standard InChI is InChI=1S/C30H41F3N4O6/c1-29(2,3)25(35-28(41)42-21-9-5-6-10-21)26(39)37-17-22(16-20(37)18-38)43-27(40)34-23-15-19(30(31,32)33)11-12-24(23)36-13-7-4-8-14-36/h11-12,15,18,20-22,25H,4-10,13-14,16-17H2,1-3H3,(H,34,40)(H,35,41)/t20-,22+,25+/m0/s1. The molecule has 2 N–H and O–H groups in total. The van der Waals surface area contributed by atoms with Crippen LogP contribution in [0.25, 0.3) is 0 Å². The normalized spacial score (nSPS) is 22.2. The number of carbonyl (C=O) groups excluding carboxylic acids is 4. The lowest BCUT2D eigenvalue weighted by Crippen LogP contribution is -2.56. The van der Waals surface area contributed by atoms with Gasteiger partial charge in [-0.1, -0.05) is 20.8 Å². The summed E-state index contributed by atoms with van der Waals surface area (Å²) >= 11 is 0. The number of hydrogen-bond donors (Lipinski definition) is 2. The summed E-state index contributed by atoms with van der Waals surface area (Å²) in [6.07, 6.45) is -0.563. The molecule has 43 heavy (non-hydrogen) atoms. The largest absolute Gasteiger partial charge is 0.446 e. The van der Waals surface area contributed by atoms with Crippen molar-refractivity contribution >= 4 is 35.8 Å². The number of nitrogens with zero attached hydrogens (tertiary/aromatic N) is 2. The second-order valence-electron chi connectivity index (χ2n) is 12.6. The molecule has 2 heterocycles. The lowest BCUT2D eigenvalue weighted by atomic mass is 9.85. The van der Waals surface area contributed by atoms with Gasteiger partial charge in [-0.15, -0.1) is 0 Å². The summed E-state index contributed by atoms with van der Waals surface area (Å²) in [6.45, 7) is 6.48. The van der Waals surface area contributed by atoms with Crippen molar-refractivity contribution in [2.45, 2.75) is 103 Å². The first-order valence-corrected chi connectivity index (χ1v) is 14.9. The molecule has 4 rings (SSSR count). The maximum Gasteiger partial charge on any atom is 0.416 e. The van der Waals surface area contributed by atoms with Crippen molar-refractivity contribution in [1.82, 2.24) is 10.2 Å². The Balaban J connectivity index is 1.44. The molecule has 2 aliphatic heterocycles. The molecular weight excluding hydrogens is 569 g/mol. The Morgan fingerprint density at radius 1 is 0.953 bits per heavy atom. The number of halogens is 3. The molecule has 3 aliphatic rings. The maximum atomic E-state index is 13.6. The van der Waals surface area contributed by atoms with Crippen molar-refractivity contribution < 1.29 is 41.8 Å². The number of benzene rings is 1. The Labute approximate surface area is 249 Å². The molecule has 1 aromatic rings. The van der Waals surface area contributed by atoms with E-state index in [4.69, 9.17) is 9.47 Å². The van der Waals surface area contributed by atoms with Crippen LogP contribution in [0.4, 0.5) is 34.1 Å². The van der Waals surface area contributed by atoms with E-state index in [0.29, 0.717) is 25.1 Å². The van der Waals surface area contributed by atoms with E-state index in [1.807, 2.05) is 4.90 Å². The Hall–Kier alpha value is -3.51. The number of alkyl carbamates (subject to hydrolysis) is 1. The zero-order chi connectivity index (χ0) is 31.4. The summed E-state index contributed by atoms with van der Waals surface area (Å²) in [5.74, 6) is -0.523. The zero-order valence-corrected chi connectivity index (χ0v) is 24.9. The van der Waals surface area contributed by atoms with E-state index < -0.39 is 53.4 Å². The molecule has 10 nitrogen and oxygen atoms in total. The Bertz CT molecular complexity index is 1180. The van der Waals surface area contributed by atoms with Gasteiger partial charge in [0.25, 0.3) is 0 Å². The molecule has 0 spiro atoms. The molecule has 1 saturated carbocycles. The molecule has 0 radical (unpaired) electrons. The first-order valence-electron chi connectivity index (χ1n) is 14.9. The Kier molecular flexibility index (Phi) is 10.1. The van der Waals surface area contributed by atoms with Gasteiger partial charge in [0, 0.05) is 19.5 Å². The topological polar surface area (TPSA) is 117 Å². The molecule has 3 fully saturated rings. The Morgan fingerprint density at radius 2 is 1.60 bits per heavy atom. The van der Waals surface area contributed by atoms with E-state index in [-0.39, 0.29) is 24.8 Å². The van der Waals surface area contributed by atoms with Crippen LogP contribution in [0.15, 0.2) is 18.2 Å². The third-order valence-electron chi connectivity index (χ3n) is 8.23. The first-order chi connectivity index (χ1) is 20.3. The van der Waals surface area contributed by atoms with Crippen molar-refractivity contribution in [1.29, 1.82) is 0 Å². The van der Waals surface area contributed by atoms with Gasteiger partial charge in [-0.3, -0.25) is 10.1 Å². The molecule has 0 aromatic heterocycles. The van der Waals surface area contributed by atoms with Gasteiger partial charge in [0.15, 0.2) is 0 Å². The van der Waals surface area contributed by atoms with Crippen molar-refractivity contribution in [3.63, 3.8) is 0 Å². The molecule has 0 unspecified atom stereocenters. The van der Waals surface area contributed by atoms with Crippen LogP contribution >= 0.6 is 0 Å². The number of ether oxygens (including phenoxy) is 2. The van der Waals surface area contributed by atoms with Gasteiger partial charge in [0.1, 0.15) is 24.5 Å². The second-order valence-corrected chi connectivity index (χ2v) is 12.6. The molecule has 2 saturated heterocycles. The number of nitrogens with one attached hydrogen (secondary N) is 2. The van der Waals surface area contributed by atoms with Crippen LogP contribution in [0.5, 0.6) is 0 Å². The minimum atomic E-state index is -4.61. The van der Waals surface area contributed by atoms with E-state index in [2.05, 4.69) is 10.6 Å². The third-order valence-corrected chi connectivity index (χ3v) is 8.23. The van der Waals surface area contributed by atoms with Crippen molar-refractivity contribution in [2.24, 2.45) is 5.41 Å². The monoisotopic (exact) mass is 610 g/mol. The average Bonchev–Trinajstić information content (AvgIpc) is 3.60. The minimum Gasteiger partial charge on any atom is -0.446 e. The predicted molar refractivity (Wildman–Crippen MR) is 153 cm³/mol. The third kappa shape index (κ3) is 8.32. The highest BCUT2D eigenvalue weighted by Gasteiger charge is 2.44. The number of aldehydes is 1. The molecule has 1 aromatic carbocycles. The highest BCUT2D eigenvalue weighted by atomic mass is 19.4. The van der Waals surface area contributed by atoms with Gasteiger partial charge in [-0.2, -0.15) is 13.2 Å². The van der Waals surface area contributed by atoms with Crippen molar-refractivity contribution in [2.75, 3.05) is 29.9 Å². The summed E-state index contributed by atoms with van der Waals surface area (Å²) < 4.78 is 51.4. The smallest absolute Gasteiger partial charge is 0.416 e. The molecule has 3 amide bonds. The lowest BCUT2D eigenvalue weighted by Gasteiger charge is -2.34. The lowest BCUT2D eigenvalue weighted by molar-refractivity contribution is -0.139. The minimum absolute atomic E-state index is 0.00756. The van der Waals surface area contributed by atoms with Gasteiger partial charge in [-0.25, -0.2) is 9.59 Å². The summed E-state index contributed by atoms with van der Waals surface area (Å²) in [4.78, 5) is 54.3. The summed E-state index contributed by atoms with van der Waals surface area (Å²) in [6, 6.07) is 1.28. The summed E-state index contributed by atoms with van der Waals surface area (Å²) in [5.41, 5.74) is -1.21. The molecule has 238 valence electrons. The number of anilines is 2. The number of amides is 3. The van der Waals surface area contributed by atoms with Crippen LogP contribution in [0, 0.1) is 5.41 Å². The number of piperidine rings is 1. The molecule has 0 bridgehead atoms. The number of likely N-dealkylation sites (tertiary alicyclic amines) is 1. The second kappa shape index (κ2) is 13.4. The van der Waals surface area contributed by atoms with Crippen LogP contribution in [0.1, 0.15) is 77.7 Å². The number of rotatable bonds is 7. The number of carbonyl (C=O) groups is 4. The van der Waals surface area contributed by atoms with Crippen LogP contribution in [0.2, 0.25) is 0 Å². The van der Waals surface area contributed by atoms with E-state index >= 15 is 0 Å². The van der Waals surface area contributed by atoms with Crippen molar-refractivity contribution in [3.8, 4) is 0 Å². The van der Waals surface area contributed by atoms with Crippen molar-refractivity contribution in [3.05, 3.63) is 23.8 Å². The maximum absolute atomic E-state index is 13.6. The number of hydrogen-bond acceptors (Lipinski definition) is 7. The summed E-state index contributed by atoms with van der Waals surface area (Å²) in [7, 11) is 0. The first kappa shape index (κ1) is 32.4. The van der Waals surface area contributed by atoms with Gasteiger partial charge in [0.2, 0.25) is 5.91 Å². The van der Waals surface area contributed by atoms with Gasteiger partial charge < -0.3 is 29.4 Å². The SMILES string of the molecule is CC(C)(C)[C@H](NC(=O)OC1CCCC1)C(=O)N1C[C@H](OC(=O)Nc2cc(C(F)(F)F)ccc2N2CCCCC2)C[C@H]1C=O. The van der Waals surface area contributed by atoms with E-state index in [1.54, 1.807) is 20.8 Å². The average molecular weight is 611 g/mol. The van der Waals surface area contributed by atoms with E-state index in [1.165, 1.54) is 11.0 Å². The zero-order valence-electron chi connectivity index (χ0n) is 24.9. The fraction of sp³-hybridized carbons (Fsp3) is 0.667. The molecule has 13 heteroatoms. The van der Waals surface area contributed by atoms with Gasteiger partial charge in [0.05, 0.1) is 29.5 Å². The number of alkyl halides is 3. The highest BCUT2D eigenvalue weighted by Crippen LogP contribution is 2.37. The molecule has 3 atom stereocenters. The fourth-order valence-electron chi connectivity index (χ4n) is 5.93. The van der Waals surface area contributed by atoms with E-state index in [9.17, 15) is 32.3 Å². The van der Waals surface area contributed by atoms with E-state index in [0.717, 1.165) is 57.1 Å². The van der Waals surface area contributed by atoms with Gasteiger partial charge >= 0.3 is 18.4 Å². The van der Waals surface area contributed by atoms with Crippen LogP contribution < -0.4 is 15.5 Å². The van der Waals surface area contributed by atoms with Crippen LogP contribution in [-0.4, -0.2) is 73.2 Å². The fourth-order valence-corrected chi connectivity index (χ4v) is 5.93. The molecule has 1 aliphatic carbocycles.